The molecule has 96 valence electrons. The normalized spacial score (nSPS) is 9.95. The third-order valence-corrected chi connectivity index (χ3v) is 2.77. The van der Waals surface area contributed by atoms with Gasteiger partial charge in [0.15, 0.2) is 5.78 Å². The first kappa shape index (κ1) is 12.8. The van der Waals surface area contributed by atoms with Crippen molar-refractivity contribution in [2.75, 3.05) is 12.4 Å². The lowest BCUT2D eigenvalue weighted by Gasteiger charge is -2.08. The van der Waals surface area contributed by atoms with E-state index in [1.807, 2.05) is 6.07 Å². The second-order valence-corrected chi connectivity index (χ2v) is 3.90. The van der Waals surface area contributed by atoms with Crippen LogP contribution in [0.25, 0.3) is 0 Å². The van der Waals surface area contributed by atoms with Crippen molar-refractivity contribution in [2.24, 2.45) is 0 Å². The van der Waals surface area contributed by atoms with Gasteiger partial charge in [0, 0.05) is 18.7 Å². The van der Waals surface area contributed by atoms with Gasteiger partial charge in [0.05, 0.1) is 10.5 Å². The van der Waals surface area contributed by atoms with E-state index >= 15 is 0 Å². The molecule has 0 unspecified atom stereocenters. The van der Waals surface area contributed by atoms with Crippen LogP contribution in [0.15, 0.2) is 48.5 Å². The summed E-state index contributed by atoms with van der Waals surface area (Å²) in [5.74, 6) is -0.242. The third-order valence-electron chi connectivity index (χ3n) is 2.77. The maximum atomic E-state index is 12.3. The molecule has 0 bridgehead atoms. The van der Waals surface area contributed by atoms with Gasteiger partial charge >= 0.3 is 0 Å². The Bertz CT molecular complexity index is 624. The lowest BCUT2D eigenvalue weighted by molar-refractivity contribution is -0.384. The molecule has 0 amide bonds. The van der Waals surface area contributed by atoms with Crippen LogP contribution < -0.4 is 5.32 Å². The molecule has 0 heterocycles. The van der Waals surface area contributed by atoms with Gasteiger partial charge in [0.1, 0.15) is 5.69 Å². The minimum Gasteiger partial charge on any atom is -0.382 e. The largest absolute Gasteiger partial charge is 0.382 e. The van der Waals surface area contributed by atoms with Crippen molar-refractivity contribution >= 4 is 17.2 Å². The number of anilines is 1. The summed E-state index contributed by atoms with van der Waals surface area (Å²) in [6.07, 6.45) is 0. The van der Waals surface area contributed by atoms with E-state index in [4.69, 9.17) is 0 Å². The number of hydrogen-bond acceptors (Lipinski definition) is 4. The van der Waals surface area contributed by atoms with E-state index in [2.05, 4.69) is 5.32 Å². The topological polar surface area (TPSA) is 72.2 Å². The number of hydrogen-bond donors (Lipinski definition) is 1. The summed E-state index contributed by atoms with van der Waals surface area (Å²) in [5.41, 5.74) is 0.924. The Hall–Kier alpha value is -2.69. The maximum Gasteiger partial charge on any atom is 0.293 e. The van der Waals surface area contributed by atoms with Gasteiger partial charge in [-0.1, -0.05) is 36.4 Å². The molecule has 0 saturated heterocycles. The molecule has 0 spiro atoms. The second kappa shape index (κ2) is 5.30. The monoisotopic (exact) mass is 256 g/mol. The number of nitrogens with one attached hydrogen (secondary N) is 1. The molecular formula is C14H12N2O3. The van der Waals surface area contributed by atoms with Crippen molar-refractivity contribution in [2.45, 2.75) is 0 Å². The van der Waals surface area contributed by atoms with Crippen LogP contribution in [0.3, 0.4) is 0 Å². The second-order valence-electron chi connectivity index (χ2n) is 3.90. The summed E-state index contributed by atoms with van der Waals surface area (Å²) in [6, 6.07) is 13.1. The Morgan fingerprint density at radius 3 is 2.37 bits per heavy atom. The number of rotatable bonds is 4. The molecule has 2 aromatic rings. The first-order valence-electron chi connectivity index (χ1n) is 5.70. The molecule has 5 heteroatoms. The number of nitro benzene ring substituents is 1. The maximum absolute atomic E-state index is 12.3. The van der Waals surface area contributed by atoms with Gasteiger partial charge in [-0.25, -0.2) is 0 Å². The predicted octanol–water partition coefficient (Wildman–Crippen LogP) is 2.87. The lowest BCUT2D eigenvalue weighted by Crippen LogP contribution is -2.07. The molecule has 1 N–H and O–H groups in total. The molecule has 0 aliphatic carbocycles. The van der Waals surface area contributed by atoms with Gasteiger partial charge < -0.3 is 5.32 Å². The highest BCUT2D eigenvalue weighted by atomic mass is 16.6. The minimum absolute atomic E-state index is 0.107. The van der Waals surface area contributed by atoms with Crippen LogP contribution in [0.5, 0.6) is 0 Å². The quantitative estimate of drug-likeness (QED) is 0.518. The molecule has 0 aliphatic heterocycles. The summed E-state index contributed by atoms with van der Waals surface area (Å²) < 4.78 is 0. The molecule has 0 aromatic heterocycles. The van der Waals surface area contributed by atoms with Crippen LogP contribution in [0, 0.1) is 10.1 Å². The van der Waals surface area contributed by atoms with Gasteiger partial charge in [-0.15, -0.1) is 0 Å². The van der Waals surface area contributed by atoms with E-state index in [1.54, 1.807) is 37.4 Å². The van der Waals surface area contributed by atoms with Gasteiger partial charge in [0.2, 0.25) is 0 Å². The third kappa shape index (κ3) is 2.44. The molecule has 0 fully saturated rings. The number of para-hydroxylation sites is 1. The summed E-state index contributed by atoms with van der Waals surface area (Å²) in [7, 11) is 1.56. The number of carbonyl (C=O) groups is 1. The average molecular weight is 256 g/mol. The van der Waals surface area contributed by atoms with Crippen LogP contribution in [0.4, 0.5) is 11.4 Å². The molecule has 0 atom stereocenters. The van der Waals surface area contributed by atoms with E-state index in [9.17, 15) is 14.9 Å². The van der Waals surface area contributed by atoms with Crippen LogP contribution in [0.1, 0.15) is 15.9 Å². The molecule has 0 radical (unpaired) electrons. The lowest BCUT2D eigenvalue weighted by atomic mass is 10.0. The minimum atomic E-state index is -0.506. The highest BCUT2D eigenvalue weighted by molar-refractivity contribution is 6.13. The average Bonchev–Trinajstić information content (AvgIpc) is 2.46. The highest BCUT2D eigenvalue weighted by Crippen LogP contribution is 2.29. The highest BCUT2D eigenvalue weighted by Gasteiger charge is 2.21. The van der Waals surface area contributed by atoms with E-state index in [0.717, 1.165) is 0 Å². The Morgan fingerprint density at radius 1 is 1.11 bits per heavy atom. The smallest absolute Gasteiger partial charge is 0.293 e. The molecule has 5 nitrogen and oxygen atoms in total. The molecular weight excluding hydrogens is 244 g/mol. The SMILES string of the molecule is CNc1c(C(=O)c2ccccc2)cccc1[N+](=O)[O-]. The first-order valence-corrected chi connectivity index (χ1v) is 5.70. The zero-order valence-electron chi connectivity index (χ0n) is 10.3. The van der Waals surface area contributed by atoms with Gasteiger partial charge in [0.25, 0.3) is 5.69 Å². The van der Waals surface area contributed by atoms with Crippen LogP contribution in [-0.2, 0) is 0 Å². The predicted molar refractivity (Wildman–Crippen MR) is 72.5 cm³/mol. The number of ketones is 1. The fourth-order valence-corrected chi connectivity index (χ4v) is 1.89. The van der Waals surface area contributed by atoms with Crippen molar-refractivity contribution in [3.8, 4) is 0 Å². The van der Waals surface area contributed by atoms with E-state index < -0.39 is 4.92 Å². The zero-order chi connectivity index (χ0) is 13.8. The van der Waals surface area contributed by atoms with Gasteiger partial charge in [-0.05, 0) is 6.07 Å². The molecule has 19 heavy (non-hydrogen) atoms. The van der Waals surface area contributed by atoms with E-state index in [1.165, 1.54) is 12.1 Å². The number of nitrogens with zero attached hydrogens (tertiary/aromatic N) is 1. The summed E-state index contributed by atoms with van der Waals surface area (Å²) >= 11 is 0. The Morgan fingerprint density at radius 2 is 1.79 bits per heavy atom. The molecule has 0 aliphatic rings. The van der Waals surface area contributed by atoms with Crippen molar-refractivity contribution in [1.82, 2.24) is 0 Å². The van der Waals surface area contributed by atoms with Crippen molar-refractivity contribution in [3.05, 3.63) is 69.8 Å². The Labute approximate surface area is 110 Å². The summed E-state index contributed by atoms with van der Waals surface area (Å²) in [5, 5.41) is 13.7. The number of nitro groups is 1. The van der Waals surface area contributed by atoms with Crippen molar-refractivity contribution in [1.29, 1.82) is 0 Å². The Balaban J connectivity index is 2.54. The van der Waals surface area contributed by atoms with Crippen LogP contribution in [0.2, 0.25) is 0 Å². The molecule has 2 aromatic carbocycles. The summed E-state index contributed by atoms with van der Waals surface area (Å²) in [6.45, 7) is 0. The van der Waals surface area contributed by atoms with Crippen molar-refractivity contribution < 1.29 is 9.72 Å². The van der Waals surface area contributed by atoms with Gasteiger partial charge in [-0.3, -0.25) is 14.9 Å². The van der Waals surface area contributed by atoms with Crippen LogP contribution >= 0.6 is 0 Å². The molecule has 0 saturated carbocycles. The fourth-order valence-electron chi connectivity index (χ4n) is 1.89. The number of benzene rings is 2. The van der Waals surface area contributed by atoms with E-state index in [-0.39, 0.29) is 17.2 Å². The van der Waals surface area contributed by atoms with Crippen molar-refractivity contribution in [3.63, 3.8) is 0 Å². The Kier molecular flexibility index (Phi) is 3.56. The van der Waals surface area contributed by atoms with Gasteiger partial charge in [-0.2, -0.15) is 0 Å². The molecule has 2 rings (SSSR count). The number of carbonyl (C=O) groups excluding carboxylic acids is 1. The van der Waals surface area contributed by atoms with E-state index in [0.29, 0.717) is 11.1 Å². The fraction of sp³-hybridized carbons (Fsp3) is 0.0714. The standard InChI is InChI=1S/C14H12N2O3/c1-15-13-11(8-5-9-12(13)16(18)19)14(17)10-6-3-2-4-7-10/h2-9,15H,1H3. The summed E-state index contributed by atoms with van der Waals surface area (Å²) in [4.78, 5) is 22.8. The van der Waals surface area contributed by atoms with Crippen LogP contribution in [-0.4, -0.2) is 17.8 Å². The first-order chi connectivity index (χ1) is 9.15. The zero-order valence-corrected chi connectivity index (χ0v) is 10.3.